The third-order valence-corrected chi connectivity index (χ3v) is 16.4. The molecule has 3 aliphatic carbocycles. The van der Waals surface area contributed by atoms with Crippen molar-refractivity contribution >= 4 is 50.4 Å². The summed E-state index contributed by atoms with van der Waals surface area (Å²) in [7, 11) is 0. The SMILES string of the molecule is C1=Cc2ccc(C3NC(c4ccccc4)NC(C4Cc5ccccc5-c5ccccc54)N3)cc2C(N2C3=Cc4ccccc4C(n4c5ccccc5c5ccc6ccccc6c54)C3c3ccccc32)C1. The maximum Gasteiger partial charge on any atom is 0.0862 e. The van der Waals surface area contributed by atoms with Crippen molar-refractivity contribution in [3.63, 3.8) is 0 Å². The Kier molecular flexibility index (Phi) is 9.10. The third kappa shape index (κ3) is 6.09. The van der Waals surface area contributed by atoms with Gasteiger partial charge in [0.1, 0.15) is 0 Å². The monoisotopic (exact) mass is 901 g/mol. The Labute approximate surface area is 408 Å². The van der Waals surface area contributed by atoms with Gasteiger partial charge in [-0.05, 0) is 97.6 Å². The molecule has 3 heterocycles. The molecule has 0 radical (unpaired) electrons. The molecule has 5 aliphatic rings. The molecule has 1 fully saturated rings. The van der Waals surface area contributed by atoms with Crippen LogP contribution in [0.1, 0.15) is 92.7 Å². The molecule has 0 amide bonds. The van der Waals surface area contributed by atoms with E-state index in [1.165, 1.54) is 105 Å². The standard InChI is InChI=1S/C65H51N5/c1-2-18-42(19-3-1)63-66-64(68-65(67-63)55-37-43-20-5-7-23-46(43)49-26-10-11-27-50(49)55)45-34-33-41-22-16-32-58(54(41)38-45)69-57-31-15-13-29-53(57)60-59(69)39-44-21-6-9-25-48(44)62(60)70-56-30-14-12-28-51(56)52-36-35-40-17-4-8-24-47(40)61(52)70/h1-31,33-36,38-39,55,58,60,62-68H,32,37H2. The highest BCUT2D eigenvalue weighted by Crippen LogP contribution is 2.59. The number of para-hydroxylation sites is 2. The molecule has 70 heavy (non-hydrogen) atoms. The van der Waals surface area contributed by atoms with Crippen LogP contribution in [0.4, 0.5) is 5.69 Å². The number of benzene rings is 9. The predicted octanol–water partition coefficient (Wildman–Crippen LogP) is 14.5. The van der Waals surface area contributed by atoms with E-state index in [-0.39, 0.29) is 42.4 Å². The van der Waals surface area contributed by atoms with Crippen LogP contribution in [0.2, 0.25) is 0 Å². The van der Waals surface area contributed by atoms with Crippen molar-refractivity contribution < 1.29 is 0 Å². The highest BCUT2D eigenvalue weighted by Gasteiger charge is 2.47. The van der Waals surface area contributed by atoms with Crippen LogP contribution in [0.3, 0.4) is 0 Å². The number of aromatic nitrogens is 1. The zero-order valence-electron chi connectivity index (χ0n) is 38.7. The van der Waals surface area contributed by atoms with Gasteiger partial charge in [-0.15, -0.1) is 0 Å². The summed E-state index contributed by atoms with van der Waals surface area (Å²) < 4.78 is 2.72. The highest BCUT2D eigenvalue weighted by atomic mass is 15.4. The molecule has 0 bridgehead atoms. The van der Waals surface area contributed by atoms with E-state index in [0.717, 1.165) is 12.8 Å². The number of hydrogen-bond acceptors (Lipinski definition) is 4. The Bertz CT molecular complexity index is 3790. The first-order valence-electron chi connectivity index (χ1n) is 25.1. The Hall–Kier alpha value is -7.80. The van der Waals surface area contributed by atoms with Crippen LogP contribution in [-0.2, 0) is 6.42 Å². The van der Waals surface area contributed by atoms with E-state index in [1.54, 1.807) is 0 Å². The summed E-state index contributed by atoms with van der Waals surface area (Å²) in [5, 5.41) is 17.5. The number of fused-ring (bicyclic) bond motifs is 13. The summed E-state index contributed by atoms with van der Waals surface area (Å²) in [5.41, 5.74) is 19.9. The first-order chi connectivity index (χ1) is 34.7. The topological polar surface area (TPSA) is 44.3 Å². The summed E-state index contributed by atoms with van der Waals surface area (Å²) in [6, 6.07) is 77.4. The second-order valence-electron chi connectivity index (χ2n) is 20.0. The first kappa shape index (κ1) is 40.1. The van der Waals surface area contributed by atoms with Gasteiger partial charge in [-0.1, -0.05) is 206 Å². The van der Waals surface area contributed by atoms with Crippen molar-refractivity contribution in [1.29, 1.82) is 0 Å². The van der Waals surface area contributed by atoms with Crippen LogP contribution in [0.15, 0.2) is 218 Å². The second kappa shape index (κ2) is 15.9. The van der Waals surface area contributed by atoms with Crippen LogP contribution >= 0.6 is 0 Å². The molecule has 1 saturated heterocycles. The lowest BCUT2D eigenvalue weighted by Crippen LogP contribution is -2.61. The Morgan fingerprint density at radius 2 is 1.20 bits per heavy atom. The normalized spacial score (nSPS) is 23.0. The van der Waals surface area contributed by atoms with Crippen LogP contribution in [0.25, 0.3) is 55.9 Å². The van der Waals surface area contributed by atoms with Gasteiger partial charge < -0.3 is 9.47 Å². The van der Waals surface area contributed by atoms with Crippen molar-refractivity contribution in [3.8, 4) is 11.1 Å². The molecule has 5 nitrogen and oxygen atoms in total. The van der Waals surface area contributed by atoms with Gasteiger partial charge in [0.2, 0.25) is 0 Å². The number of hydrogen-bond donors (Lipinski definition) is 3. The van der Waals surface area contributed by atoms with Gasteiger partial charge in [-0.2, -0.15) is 0 Å². The fourth-order valence-corrected chi connectivity index (χ4v) is 13.4. The molecule has 336 valence electrons. The smallest absolute Gasteiger partial charge is 0.0862 e. The summed E-state index contributed by atoms with van der Waals surface area (Å²) >= 11 is 0. The molecular formula is C65H51N5. The molecule has 0 saturated carbocycles. The largest absolute Gasteiger partial charge is 0.336 e. The molecule has 9 aromatic carbocycles. The van der Waals surface area contributed by atoms with E-state index in [9.17, 15) is 0 Å². The minimum absolute atomic E-state index is 0.00581. The van der Waals surface area contributed by atoms with E-state index in [2.05, 4.69) is 250 Å². The first-order valence-corrected chi connectivity index (χ1v) is 25.1. The number of nitrogens with one attached hydrogen (secondary N) is 3. The summed E-state index contributed by atoms with van der Waals surface area (Å²) in [5.74, 6) is 0.320. The van der Waals surface area contributed by atoms with Gasteiger partial charge in [0.25, 0.3) is 0 Å². The van der Waals surface area contributed by atoms with Crippen LogP contribution in [0.5, 0.6) is 0 Å². The highest BCUT2D eigenvalue weighted by molar-refractivity contribution is 6.18. The fourth-order valence-electron chi connectivity index (χ4n) is 13.4. The quantitative estimate of drug-likeness (QED) is 0.161. The Balaban J connectivity index is 0.860. The molecule has 15 rings (SSSR count). The molecular weight excluding hydrogens is 851 g/mol. The van der Waals surface area contributed by atoms with E-state index >= 15 is 0 Å². The predicted molar refractivity (Wildman–Crippen MR) is 287 cm³/mol. The van der Waals surface area contributed by atoms with E-state index in [0.29, 0.717) is 0 Å². The van der Waals surface area contributed by atoms with Crippen molar-refractivity contribution in [2.75, 3.05) is 4.90 Å². The minimum Gasteiger partial charge on any atom is -0.336 e. The average Bonchev–Trinajstić information content (AvgIpc) is 3.95. The zero-order chi connectivity index (χ0) is 45.9. The van der Waals surface area contributed by atoms with Crippen molar-refractivity contribution in [2.24, 2.45) is 0 Å². The molecule has 10 aromatic rings. The molecule has 1 aromatic heterocycles. The van der Waals surface area contributed by atoms with Crippen LogP contribution < -0.4 is 20.9 Å². The van der Waals surface area contributed by atoms with E-state index in [4.69, 9.17) is 0 Å². The molecule has 2 aliphatic heterocycles. The lowest BCUT2D eigenvalue weighted by Gasteiger charge is -2.44. The van der Waals surface area contributed by atoms with Gasteiger partial charge in [-0.25, -0.2) is 0 Å². The molecule has 7 unspecified atom stereocenters. The number of anilines is 1. The number of nitrogens with zero attached hydrogens (tertiary/aromatic N) is 2. The zero-order valence-corrected chi connectivity index (χ0v) is 38.7. The molecule has 3 N–H and O–H groups in total. The Morgan fingerprint density at radius 1 is 0.486 bits per heavy atom. The van der Waals surface area contributed by atoms with Gasteiger partial charge in [0.05, 0.1) is 42.0 Å². The fraction of sp³-hybridized carbons (Fsp3) is 0.138. The molecule has 7 atom stereocenters. The van der Waals surface area contributed by atoms with Gasteiger partial charge in [-0.3, -0.25) is 16.0 Å². The summed E-state index contributed by atoms with van der Waals surface area (Å²) in [4.78, 5) is 2.73. The van der Waals surface area contributed by atoms with Gasteiger partial charge in [0.15, 0.2) is 0 Å². The number of allylic oxidation sites excluding steroid dienone is 1. The van der Waals surface area contributed by atoms with Crippen LogP contribution in [0, 0.1) is 0 Å². The number of rotatable bonds is 5. The lowest BCUT2D eigenvalue weighted by molar-refractivity contribution is 0.178. The second-order valence-corrected chi connectivity index (χ2v) is 20.0. The summed E-state index contributed by atoms with van der Waals surface area (Å²) in [6.07, 6.45) is 8.98. The Morgan fingerprint density at radius 3 is 2.10 bits per heavy atom. The maximum atomic E-state index is 4.17. The van der Waals surface area contributed by atoms with Crippen LogP contribution in [-0.4, -0.2) is 10.7 Å². The average molecular weight is 902 g/mol. The van der Waals surface area contributed by atoms with Crippen molar-refractivity contribution in [3.05, 3.63) is 268 Å². The van der Waals surface area contributed by atoms with Gasteiger partial charge >= 0.3 is 0 Å². The van der Waals surface area contributed by atoms with Crippen molar-refractivity contribution in [2.45, 2.75) is 55.3 Å². The summed E-state index contributed by atoms with van der Waals surface area (Å²) in [6.45, 7) is 0. The van der Waals surface area contributed by atoms with E-state index < -0.39 is 0 Å². The third-order valence-electron chi connectivity index (χ3n) is 16.4. The van der Waals surface area contributed by atoms with Gasteiger partial charge in [0, 0.05) is 39.0 Å². The van der Waals surface area contributed by atoms with Crippen molar-refractivity contribution in [1.82, 2.24) is 20.5 Å². The lowest BCUT2D eigenvalue weighted by atomic mass is 9.77. The van der Waals surface area contributed by atoms with E-state index in [1.807, 2.05) is 0 Å². The molecule has 0 spiro atoms. The minimum atomic E-state index is -0.105. The molecule has 5 heteroatoms. The maximum absolute atomic E-state index is 4.17.